The second-order valence-electron chi connectivity index (χ2n) is 5.58. The highest BCUT2D eigenvalue weighted by Gasteiger charge is 2.47. The largest absolute Gasteiger partial charge is 0.327 e. The average molecular weight is 281 g/mol. The van der Waals surface area contributed by atoms with Gasteiger partial charge < -0.3 is 5.73 Å². The molecule has 3 fully saturated rings. The van der Waals surface area contributed by atoms with Crippen LogP contribution in [0, 0.1) is 11.8 Å². The van der Waals surface area contributed by atoms with Gasteiger partial charge in [-0.05, 0) is 37.5 Å². The van der Waals surface area contributed by atoms with Crippen molar-refractivity contribution >= 4 is 22.4 Å². The van der Waals surface area contributed by atoms with Gasteiger partial charge >= 0.3 is 0 Å². The smallest absolute Gasteiger partial charge is 0.217 e. The SMILES string of the molecule is Cl.NC1CCCC2CN(S(=O)(=O)C3CC3)CC12. The second kappa shape index (κ2) is 4.68. The number of fused-ring (bicyclic) bond motifs is 1. The van der Waals surface area contributed by atoms with Crippen LogP contribution in [0.4, 0.5) is 0 Å². The third-order valence-corrected chi connectivity index (χ3v) is 6.76. The van der Waals surface area contributed by atoms with Gasteiger partial charge in [0.1, 0.15) is 0 Å². The van der Waals surface area contributed by atoms with Gasteiger partial charge in [0.05, 0.1) is 5.25 Å². The molecule has 4 nitrogen and oxygen atoms in total. The second-order valence-corrected chi connectivity index (χ2v) is 7.79. The van der Waals surface area contributed by atoms with Gasteiger partial charge in [-0.15, -0.1) is 12.4 Å². The zero-order chi connectivity index (χ0) is 11.3. The number of sulfonamides is 1. The zero-order valence-corrected chi connectivity index (χ0v) is 11.5. The molecule has 2 N–H and O–H groups in total. The van der Waals surface area contributed by atoms with E-state index < -0.39 is 10.0 Å². The van der Waals surface area contributed by atoms with Gasteiger partial charge in [-0.3, -0.25) is 0 Å². The molecule has 6 heteroatoms. The highest BCUT2D eigenvalue weighted by molar-refractivity contribution is 7.90. The summed E-state index contributed by atoms with van der Waals surface area (Å²) < 4.78 is 26.0. The van der Waals surface area contributed by atoms with Gasteiger partial charge in [0.15, 0.2) is 0 Å². The minimum atomic E-state index is -2.97. The van der Waals surface area contributed by atoms with Crippen molar-refractivity contribution in [1.29, 1.82) is 0 Å². The summed E-state index contributed by atoms with van der Waals surface area (Å²) in [5.41, 5.74) is 6.10. The fourth-order valence-corrected chi connectivity index (χ4v) is 5.19. The molecule has 0 aromatic carbocycles. The van der Waals surface area contributed by atoms with E-state index in [9.17, 15) is 8.42 Å². The molecule has 17 heavy (non-hydrogen) atoms. The van der Waals surface area contributed by atoms with Crippen LogP contribution in [0.1, 0.15) is 32.1 Å². The van der Waals surface area contributed by atoms with Crippen molar-refractivity contribution in [3.05, 3.63) is 0 Å². The van der Waals surface area contributed by atoms with Crippen molar-refractivity contribution in [3.8, 4) is 0 Å². The Morgan fingerprint density at radius 1 is 1.06 bits per heavy atom. The summed E-state index contributed by atoms with van der Waals surface area (Å²) in [5, 5.41) is -0.0659. The van der Waals surface area contributed by atoms with E-state index in [4.69, 9.17) is 5.73 Å². The third kappa shape index (κ3) is 2.35. The van der Waals surface area contributed by atoms with Gasteiger partial charge in [0.2, 0.25) is 10.0 Å². The molecule has 1 heterocycles. The Labute approximate surface area is 109 Å². The Balaban J connectivity index is 0.00000108. The minimum Gasteiger partial charge on any atom is -0.327 e. The fraction of sp³-hybridized carbons (Fsp3) is 1.00. The summed E-state index contributed by atoms with van der Waals surface area (Å²) in [6.45, 7) is 1.42. The van der Waals surface area contributed by atoms with Gasteiger partial charge in [0, 0.05) is 19.1 Å². The summed E-state index contributed by atoms with van der Waals surface area (Å²) in [4.78, 5) is 0. The molecule has 3 aliphatic rings. The van der Waals surface area contributed by atoms with E-state index in [1.54, 1.807) is 4.31 Å². The maximum atomic E-state index is 12.1. The van der Waals surface area contributed by atoms with Crippen molar-refractivity contribution in [3.63, 3.8) is 0 Å². The van der Waals surface area contributed by atoms with Crippen LogP contribution in [0.25, 0.3) is 0 Å². The lowest BCUT2D eigenvalue weighted by molar-refractivity contribution is 0.260. The van der Waals surface area contributed by atoms with E-state index in [2.05, 4.69) is 0 Å². The Morgan fingerprint density at radius 3 is 2.35 bits per heavy atom. The van der Waals surface area contributed by atoms with Gasteiger partial charge in [-0.1, -0.05) is 6.42 Å². The van der Waals surface area contributed by atoms with Crippen LogP contribution in [0.2, 0.25) is 0 Å². The normalized spacial score (nSPS) is 38.5. The molecule has 100 valence electrons. The standard InChI is InChI=1S/C11H20N2O2S.ClH/c12-11-3-1-2-8-6-13(7-10(8)11)16(14,15)9-4-5-9;/h8-11H,1-7,12H2;1H. The minimum absolute atomic E-state index is 0. The molecule has 2 saturated carbocycles. The molecule has 2 aliphatic carbocycles. The molecule has 1 aliphatic heterocycles. The molecular formula is C11H21ClN2O2S. The monoisotopic (exact) mass is 280 g/mol. The van der Waals surface area contributed by atoms with E-state index in [0.717, 1.165) is 32.2 Å². The highest BCUT2D eigenvalue weighted by atomic mass is 35.5. The van der Waals surface area contributed by atoms with Crippen molar-refractivity contribution in [2.45, 2.75) is 43.4 Å². The lowest BCUT2D eigenvalue weighted by atomic mass is 9.78. The third-order valence-electron chi connectivity index (χ3n) is 4.43. The first kappa shape index (κ1) is 13.6. The van der Waals surface area contributed by atoms with Crippen LogP contribution < -0.4 is 5.73 Å². The summed E-state index contributed by atoms with van der Waals surface area (Å²) in [6, 6.07) is 0.221. The summed E-state index contributed by atoms with van der Waals surface area (Å²) in [7, 11) is -2.97. The molecule has 0 aromatic rings. The Morgan fingerprint density at radius 2 is 1.76 bits per heavy atom. The summed E-state index contributed by atoms with van der Waals surface area (Å²) >= 11 is 0. The quantitative estimate of drug-likeness (QED) is 0.819. The molecule has 0 aromatic heterocycles. The van der Waals surface area contributed by atoms with Crippen molar-refractivity contribution < 1.29 is 8.42 Å². The molecule has 0 radical (unpaired) electrons. The first-order valence-corrected chi connectivity index (χ1v) is 7.84. The van der Waals surface area contributed by atoms with Crippen LogP contribution >= 0.6 is 12.4 Å². The molecule has 1 saturated heterocycles. The van der Waals surface area contributed by atoms with Crippen LogP contribution in [0.3, 0.4) is 0 Å². The maximum absolute atomic E-state index is 12.1. The molecule has 0 bridgehead atoms. The number of hydrogen-bond acceptors (Lipinski definition) is 3. The topological polar surface area (TPSA) is 63.4 Å². The summed E-state index contributed by atoms with van der Waals surface area (Å²) in [5.74, 6) is 0.944. The maximum Gasteiger partial charge on any atom is 0.217 e. The first-order valence-electron chi connectivity index (χ1n) is 6.33. The Hall–Kier alpha value is 0.160. The lowest BCUT2D eigenvalue weighted by Gasteiger charge is -2.29. The molecule has 0 spiro atoms. The number of nitrogens with two attached hydrogens (primary N) is 1. The summed E-state index contributed by atoms with van der Waals surface area (Å²) in [6.07, 6.45) is 5.12. The Bertz CT molecular complexity index is 383. The van der Waals surface area contributed by atoms with E-state index in [1.165, 1.54) is 6.42 Å². The lowest BCUT2D eigenvalue weighted by Crippen LogP contribution is -2.38. The predicted octanol–water partition coefficient (Wildman–Crippen LogP) is 0.960. The van der Waals surface area contributed by atoms with E-state index in [0.29, 0.717) is 18.4 Å². The van der Waals surface area contributed by atoms with Crippen LogP contribution in [0.5, 0.6) is 0 Å². The van der Waals surface area contributed by atoms with Gasteiger partial charge in [-0.2, -0.15) is 0 Å². The first-order chi connectivity index (χ1) is 7.59. The Kier molecular flexibility index (Phi) is 3.74. The predicted molar refractivity (Wildman–Crippen MR) is 69.6 cm³/mol. The molecule has 3 unspecified atom stereocenters. The number of hydrogen-bond donors (Lipinski definition) is 1. The molecular weight excluding hydrogens is 260 g/mol. The molecule has 3 rings (SSSR count). The van der Waals surface area contributed by atoms with Crippen LogP contribution in [0.15, 0.2) is 0 Å². The zero-order valence-electron chi connectivity index (χ0n) is 9.92. The van der Waals surface area contributed by atoms with Crippen LogP contribution in [-0.4, -0.2) is 37.1 Å². The van der Waals surface area contributed by atoms with Crippen molar-refractivity contribution in [2.75, 3.05) is 13.1 Å². The van der Waals surface area contributed by atoms with Gasteiger partial charge in [0.25, 0.3) is 0 Å². The number of halogens is 1. The average Bonchev–Trinajstić information content (AvgIpc) is 2.99. The van der Waals surface area contributed by atoms with Crippen molar-refractivity contribution in [2.24, 2.45) is 17.6 Å². The van der Waals surface area contributed by atoms with E-state index >= 15 is 0 Å². The molecule has 3 atom stereocenters. The van der Waals surface area contributed by atoms with E-state index in [-0.39, 0.29) is 23.7 Å². The molecule has 0 amide bonds. The highest BCUT2D eigenvalue weighted by Crippen LogP contribution is 2.40. The van der Waals surface area contributed by atoms with Crippen LogP contribution in [-0.2, 0) is 10.0 Å². The fourth-order valence-electron chi connectivity index (χ4n) is 3.26. The number of nitrogens with zero attached hydrogens (tertiary/aromatic N) is 1. The van der Waals surface area contributed by atoms with Gasteiger partial charge in [-0.25, -0.2) is 12.7 Å². The number of rotatable bonds is 2. The van der Waals surface area contributed by atoms with Crippen molar-refractivity contribution in [1.82, 2.24) is 4.31 Å². The van der Waals surface area contributed by atoms with E-state index in [1.807, 2.05) is 0 Å².